The van der Waals surface area contributed by atoms with Crippen LogP contribution in [0.5, 0.6) is 5.75 Å². The summed E-state index contributed by atoms with van der Waals surface area (Å²) < 4.78 is 6.03. The molecule has 0 N–H and O–H groups in total. The van der Waals surface area contributed by atoms with E-state index in [4.69, 9.17) is 4.74 Å². The van der Waals surface area contributed by atoms with E-state index in [9.17, 15) is 10.1 Å². The SMILES string of the molecule is COc1cccc2c1CCN(c1c(Br)cncc1[N+](=O)[O-])C2. The molecule has 3 rings (SSSR count). The Morgan fingerprint density at radius 3 is 2.95 bits per heavy atom. The van der Waals surface area contributed by atoms with Gasteiger partial charge in [0, 0.05) is 24.8 Å². The molecule has 7 heteroatoms. The number of halogens is 1. The Morgan fingerprint density at radius 1 is 1.41 bits per heavy atom. The number of methoxy groups -OCH3 is 1. The van der Waals surface area contributed by atoms with Crippen LogP contribution in [0.15, 0.2) is 35.1 Å². The molecular weight excluding hydrogens is 350 g/mol. The molecule has 0 spiro atoms. The van der Waals surface area contributed by atoms with Gasteiger partial charge in [-0.3, -0.25) is 15.1 Å². The molecule has 0 aliphatic carbocycles. The molecule has 22 heavy (non-hydrogen) atoms. The molecule has 1 aliphatic rings. The summed E-state index contributed by atoms with van der Waals surface area (Å²) in [5, 5.41) is 11.3. The Morgan fingerprint density at radius 2 is 2.23 bits per heavy atom. The van der Waals surface area contributed by atoms with E-state index in [-0.39, 0.29) is 5.69 Å². The van der Waals surface area contributed by atoms with Crippen LogP contribution < -0.4 is 9.64 Å². The molecule has 0 fully saturated rings. The van der Waals surface area contributed by atoms with E-state index in [2.05, 4.69) is 20.9 Å². The number of fused-ring (bicyclic) bond motifs is 1. The normalized spacial score (nSPS) is 13.6. The first kappa shape index (κ1) is 14.8. The van der Waals surface area contributed by atoms with Gasteiger partial charge in [-0.15, -0.1) is 0 Å². The molecule has 0 saturated heterocycles. The maximum Gasteiger partial charge on any atom is 0.311 e. The summed E-state index contributed by atoms with van der Waals surface area (Å²) in [6.07, 6.45) is 3.66. The predicted octanol–water partition coefficient (Wildman–Crippen LogP) is 3.32. The molecule has 0 unspecified atom stereocenters. The number of anilines is 1. The van der Waals surface area contributed by atoms with Crippen LogP contribution in [0, 0.1) is 10.1 Å². The summed E-state index contributed by atoms with van der Waals surface area (Å²) >= 11 is 3.39. The average molecular weight is 364 g/mol. The Balaban J connectivity index is 2.01. The zero-order valence-electron chi connectivity index (χ0n) is 12.0. The zero-order chi connectivity index (χ0) is 15.7. The molecule has 1 aliphatic heterocycles. The summed E-state index contributed by atoms with van der Waals surface area (Å²) in [6, 6.07) is 5.92. The first-order valence-corrected chi connectivity index (χ1v) is 7.58. The van der Waals surface area contributed by atoms with Crippen LogP contribution in [-0.2, 0) is 13.0 Å². The molecule has 1 aromatic heterocycles. The molecule has 1 aromatic carbocycles. The van der Waals surface area contributed by atoms with Gasteiger partial charge < -0.3 is 9.64 Å². The van der Waals surface area contributed by atoms with Gasteiger partial charge in [0.05, 0.1) is 16.5 Å². The van der Waals surface area contributed by atoms with Crippen molar-refractivity contribution in [1.82, 2.24) is 4.98 Å². The minimum absolute atomic E-state index is 0.0146. The van der Waals surface area contributed by atoms with Crippen LogP contribution in [0.1, 0.15) is 11.1 Å². The number of hydrogen-bond donors (Lipinski definition) is 0. The molecule has 2 heterocycles. The van der Waals surface area contributed by atoms with Crippen LogP contribution >= 0.6 is 15.9 Å². The summed E-state index contributed by atoms with van der Waals surface area (Å²) in [4.78, 5) is 16.8. The van der Waals surface area contributed by atoms with Crippen molar-refractivity contribution in [3.05, 3.63) is 56.3 Å². The van der Waals surface area contributed by atoms with Gasteiger partial charge >= 0.3 is 5.69 Å². The third-order valence-corrected chi connectivity index (χ3v) is 4.39. The summed E-state index contributed by atoms with van der Waals surface area (Å²) in [5.74, 6) is 0.875. The Labute approximate surface area is 136 Å². The molecule has 2 aromatic rings. The van der Waals surface area contributed by atoms with E-state index in [0.717, 1.165) is 17.7 Å². The first-order chi connectivity index (χ1) is 10.6. The highest BCUT2D eigenvalue weighted by atomic mass is 79.9. The number of hydrogen-bond acceptors (Lipinski definition) is 5. The molecule has 0 saturated carbocycles. The van der Waals surface area contributed by atoms with Crippen LogP contribution in [0.2, 0.25) is 0 Å². The van der Waals surface area contributed by atoms with Gasteiger partial charge in [-0.1, -0.05) is 12.1 Å². The van der Waals surface area contributed by atoms with Crippen LogP contribution in [0.3, 0.4) is 0 Å². The second-order valence-corrected chi connectivity index (χ2v) is 5.87. The maximum absolute atomic E-state index is 11.3. The Kier molecular flexibility index (Phi) is 3.98. The van der Waals surface area contributed by atoms with E-state index in [0.29, 0.717) is 23.2 Å². The maximum atomic E-state index is 11.3. The lowest BCUT2D eigenvalue weighted by atomic mass is 9.98. The molecule has 0 radical (unpaired) electrons. The number of ether oxygens (including phenoxy) is 1. The van der Waals surface area contributed by atoms with E-state index >= 15 is 0 Å². The number of benzene rings is 1. The fourth-order valence-corrected chi connectivity index (χ4v) is 3.39. The number of nitro groups is 1. The molecule has 0 bridgehead atoms. The largest absolute Gasteiger partial charge is 0.496 e. The van der Waals surface area contributed by atoms with Crippen molar-refractivity contribution in [2.75, 3.05) is 18.6 Å². The highest BCUT2D eigenvalue weighted by molar-refractivity contribution is 9.10. The van der Waals surface area contributed by atoms with Gasteiger partial charge in [0.2, 0.25) is 0 Å². The smallest absolute Gasteiger partial charge is 0.311 e. The molecule has 0 amide bonds. The minimum Gasteiger partial charge on any atom is -0.496 e. The molecule has 114 valence electrons. The lowest BCUT2D eigenvalue weighted by molar-refractivity contribution is -0.384. The van der Waals surface area contributed by atoms with E-state index in [1.807, 2.05) is 23.1 Å². The third-order valence-electron chi connectivity index (χ3n) is 3.81. The zero-order valence-corrected chi connectivity index (χ0v) is 13.5. The van der Waals surface area contributed by atoms with Gasteiger partial charge in [-0.2, -0.15) is 0 Å². The minimum atomic E-state index is -0.395. The Bertz CT molecular complexity index is 736. The lowest BCUT2D eigenvalue weighted by Crippen LogP contribution is -2.31. The standard InChI is InChI=1S/C15H14BrN3O3/c1-22-14-4-2-3-10-9-18(6-5-11(10)14)15-12(16)7-17-8-13(15)19(20)21/h2-4,7-8H,5-6,9H2,1H3. The quantitative estimate of drug-likeness (QED) is 0.617. The number of pyridine rings is 1. The summed E-state index contributed by atoms with van der Waals surface area (Å²) in [6.45, 7) is 1.30. The van der Waals surface area contributed by atoms with Gasteiger partial charge in [0.25, 0.3) is 0 Å². The lowest BCUT2D eigenvalue weighted by Gasteiger charge is -2.31. The van der Waals surface area contributed by atoms with Crippen molar-refractivity contribution in [3.8, 4) is 5.75 Å². The third kappa shape index (κ3) is 2.52. The van der Waals surface area contributed by atoms with Gasteiger partial charge in [-0.05, 0) is 34.0 Å². The van der Waals surface area contributed by atoms with Crippen molar-refractivity contribution in [3.63, 3.8) is 0 Å². The van der Waals surface area contributed by atoms with Crippen molar-refractivity contribution >= 4 is 27.3 Å². The summed E-state index contributed by atoms with van der Waals surface area (Å²) in [7, 11) is 1.66. The first-order valence-electron chi connectivity index (χ1n) is 6.79. The second kappa shape index (κ2) is 5.92. The molecule has 0 atom stereocenters. The highest BCUT2D eigenvalue weighted by Gasteiger charge is 2.27. The fraction of sp³-hybridized carbons (Fsp3) is 0.267. The van der Waals surface area contributed by atoms with E-state index in [1.165, 1.54) is 11.8 Å². The van der Waals surface area contributed by atoms with Crippen molar-refractivity contribution in [2.24, 2.45) is 0 Å². The van der Waals surface area contributed by atoms with Crippen molar-refractivity contribution in [1.29, 1.82) is 0 Å². The summed E-state index contributed by atoms with van der Waals surface area (Å²) in [5.41, 5.74) is 2.90. The number of nitrogens with zero attached hydrogens (tertiary/aromatic N) is 3. The number of rotatable bonds is 3. The topological polar surface area (TPSA) is 68.5 Å². The average Bonchev–Trinajstić information content (AvgIpc) is 2.53. The second-order valence-electron chi connectivity index (χ2n) is 5.02. The number of aromatic nitrogens is 1. The van der Waals surface area contributed by atoms with Crippen LogP contribution in [0.4, 0.5) is 11.4 Å². The predicted molar refractivity (Wildman–Crippen MR) is 86.3 cm³/mol. The van der Waals surface area contributed by atoms with E-state index < -0.39 is 4.92 Å². The Hall–Kier alpha value is -2.15. The monoisotopic (exact) mass is 363 g/mol. The fourth-order valence-electron chi connectivity index (χ4n) is 2.82. The van der Waals surface area contributed by atoms with Crippen molar-refractivity contribution in [2.45, 2.75) is 13.0 Å². The van der Waals surface area contributed by atoms with E-state index in [1.54, 1.807) is 13.3 Å². The van der Waals surface area contributed by atoms with Gasteiger partial charge in [0.15, 0.2) is 0 Å². The highest BCUT2D eigenvalue weighted by Crippen LogP contribution is 2.38. The van der Waals surface area contributed by atoms with Crippen LogP contribution in [0.25, 0.3) is 0 Å². The van der Waals surface area contributed by atoms with Gasteiger partial charge in [0.1, 0.15) is 17.6 Å². The van der Waals surface area contributed by atoms with Crippen molar-refractivity contribution < 1.29 is 9.66 Å². The molecule has 6 nitrogen and oxygen atoms in total. The van der Waals surface area contributed by atoms with Crippen LogP contribution in [-0.4, -0.2) is 23.6 Å². The van der Waals surface area contributed by atoms with Gasteiger partial charge in [-0.25, -0.2) is 0 Å². The molecular formula is C15H14BrN3O3.